The highest BCUT2D eigenvalue weighted by Gasteiger charge is 2.21. The zero-order chi connectivity index (χ0) is 22.2. The van der Waals surface area contributed by atoms with Crippen LogP contribution in [0.1, 0.15) is 6.92 Å². The fourth-order valence-electron chi connectivity index (χ4n) is 3.52. The first-order chi connectivity index (χ1) is 14.8. The number of fused-ring (bicyclic) bond motifs is 1. The van der Waals surface area contributed by atoms with Gasteiger partial charge in [0.15, 0.2) is 0 Å². The Labute approximate surface area is 179 Å². The van der Waals surface area contributed by atoms with Crippen LogP contribution in [0.4, 0.5) is 5.69 Å². The van der Waals surface area contributed by atoms with Gasteiger partial charge >= 0.3 is 0 Å². The lowest BCUT2D eigenvalue weighted by molar-refractivity contribution is 0.484. The third-order valence-electron chi connectivity index (χ3n) is 4.92. The van der Waals surface area contributed by atoms with Crippen LogP contribution >= 0.6 is 0 Å². The quantitative estimate of drug-likeness (QED) is 0.497. The third kappa shape index (κ3) is 3.91. The van der Waals surface area contributed by atoms with Crippen LogP contribution in [0.15, 0.2) is 65.6 Å². The Morgan fingerprint density at radius 3 is 2.55 bits per heavy atom. The van der Waals surface area contributed by atoms with E-state index in [4.69, 9.17) is 4.74 Å². The maximum Gasteiger partial charge on any atom is 0.290 e. The van der Waals surface area contributed by atoms with E-state index < -0.39 is 10.0 Å². The molecule has 160 valence electrons. The Hall–Kier alpha value is -3.59. The maximum atomic E-state index is 12.5. The van der Waals surface area contributed by atoms with E-state index in [1.165, 1.54) is 15.2 Å². The Kier molecular flexibility index (Phi) is 5.28. The molecule has 0 unspecified atom stereocenters. The summed E-state index contributed by atoms with van der Waals surface area (Å²) in [5.74, 6) is 1.12. The van der Waals surface area contributed by atoms with Crippen molar-refractivity contribution in [2.75, 3.05) is 17.1 Å². The summed E-state index contributed by atoms with van der Waals surface area (Å²) in [7, 11) is -1.90. The van der Waals surface area contributed by atoms with Crippen molar-refractivity contribution in [3.63, 3.8) is 0 Å². The first kappa shape index (κ1) is 20.7. The highest BCUT2D eigenvalue weighted by atomic mass is 32.2. The van der Waals surface area contributed by atoms with E-state index in [1.807, 2.05) is 30.3 Å². The van der Waals surface area contributed by atoms with Crippen LogP contribution in [-0.2, 0) is 17.1 Å². The minimum atomic E-state index is -3.47. The fraction of sp³-hybridized carbons (Fsp3) is 0.182. The van der Waals surface area contributed by atoms with Crippen LogP contribution in [-0.4, -0.2) is 36.0 Å². The topological polar surface area (TPSA) is 97.3 Å². The minimum absolute atomic E-state index is 0.253. The van der Waals surface area contributed by atoms with Gasteiger partial charge in [0.25, 0.3) is 5.56 Å². The lowest BCUT2D eigenvalue weighted by Crippen LogP contribution is -2.29. The number of anilines is 1. The number of para-hydroxylation sites is 1. The Bertz CT molecular complexity index is 1410. The molecular weight excluding hydrogens is 416 g/mol. The molecular formula is C22H22N4O4S. The first-order valence-electron chi connectivity index (χ1n) is 9.69. The number of hydrogen-bond donors (Lipinski definition) is 1. The van der Waals surface area contributed by atoms with Crippen molar-refractivity contribution in [3.05, 3.63) is 71.1 Å². The summed E-state index contributed by atoms with van der Waals surface area (Å²) in [4.78, 5) is 15.4. The molecule has 0 bridgehead atoms. The molecule has 0 radical (unpaired) electrons. The molecule has 8 nitrogen and oxygen atoms in total. The molecule has 0 aliphatic carbocycles. The number of rotatable bonds is 6. The summed E-state index contributed by atoms with van der Waals surface area (Å²) >= 11 is 0. The fourth-order valence-corrected chi connectivity index (χ4v) is 4.49. The molecule has 9 heteroatoms. The average Bonchev–Trinajstić information content (AvgIpc) is 3.22. The van der Waals surface area contributed by atoms with Crippen molar-refractivity contribution in [3.8, 4) is 22.8 Å². The van der Waals surface area contributed by atoms with Crippen LogP contribution < -0.4 is 14.6 Å². The second-order valence-electron chi connectivity index (χ2n) is 7.07. The van der Waals surface area contributed by atoms with Crippen LogP contribution in [0.25, 0.3) is 22.2 Å². The van der Waals surface area contributed by atoms with Gasteiger partial charge in [-0.2, -0.15) is 5.10 Å². The van der Waals surface area contributed by atoms with Gasteiger partial charge in [-0.1, -0.05) is 18.2 Å². The molecule has 0 amide bonds. The third-order valence-corrected chi connectivity index (χ3v) is 6.19. The molecule has 1 N–H and O–H groups in total. The zero-order valence-electron chi connectivity index (χ0n) is 17.4. The molecule has 0 aliphatic rings. The minimum Gasteiger partial charge on any atom is -0.457 e. The molecule has 0 atom stereocenters. The first-order valence-corrected chi connectivity index (χ1v) is 11.5. The summed E-state index contributed by atoms with van der Waals surface area (Å²) in [6.07, 6.45) is 2.84. The van der Waals surface area contributed by atoms with Crippen molar-refractivity contribution in [2.24, 2.45) is 7.05 Å². The predicted molar refractivity (Wildman–Crippen MR) is 121 cm³/mol. The number of ether oxygens (including phenoxy) is 1. The second kappa shape index (κ2) is 7.92. The van der Waals surface area contributed by atoms with E-state index in [-0.39, 0.29) is 12.1 Å². The van der Waals surface area contributed by atoms with E-state index in [2.05, 4.69) is 10.1 Å². The van der Waals surface area contributed by atoms with E-state index in [0.717, 1.165) is 0 Å². The standard InChI is InChI=1S/C22H22N4O4S/c1-4-26(31(3,28)29)15-10-11-19(30-16-8-6-5-7-9-16)18(14-15)20-17-12-13-23-21(17)22(27)25(2)24-20/h5-14,23H,4H2,1-3H3. The lowest BCUT2D eigenvalue weighted by Gasteiger charge is -2.22. The van der Waals surface area contributed by atoms with Gasteiger partial charge in [0.1, 0.15) is 22.7 Å². The van der Waals surface area contributed by atoms with Crippen LogP contribution in [0.2, 0.25) is 0 Å². The SMILES string of the molecule is CCN(c1ccc(Oc2ccccc2)c(-c2nn(C)c(=O)c3[nH]ccc23)c1)S(C)(=O)=O. The van der Waals surface area contributed by atoms with Gasteiger partial charge in [-0.05, 0) is 43.3 Å². The molecule has 31 heavy (non-hydrogen) atoms. The smallest absolute Gasteiger partial charge is 0.290 e. The number of aromatic nitrogens is 3. The number of nitrogens with one attached hydrogen (secondary N) is 1. The molecule has 2 heterocycles. The molecule has 0 aliphatic heterocycles. The molecule has 4 rings (SSSR count). The van der Waals surface area contributed by atoms with Crippen molar-refractivity contribution >= 4 is 26.6 Å². The molecule has 4 aromatic rings. The average molecular weight is 439 g/mol. The number of aryl methyl sites for hydroxylation is 1. The number of benzene rings is 2. The van der Waals surface area contributed by atoms with Gasteiger partial charge in [0.2, 0.25) is 10.0 Å². The monoisotopic (exact) mass is 438 g/mol. The molecule has 2 aromatic carbocycles. The van der Waals surface area contributed by atoms with Crippen molar-refractivity contribution in [1.29, 1.82) is 0 Å². The van der Waals surface area contributed by atoms with Crippen LogP contribution in [0.3, 0.4) is 0 Å². The van der Waals surface area contributed by atoms with Crippen molar-refractivity contribution < 1.29 is 13.2 Å². The summed E-state index contributed by atoms with van der Waals surface area (Å²) in [5.41, 5.74) is 1.73. The summed E-state index contributed by atoms with van der Waals surface area (Å²) in [6.45, 7) is 2.04. The molecule has 0 saturated carbocycles. The van der Waals surface area contributed by atoms with E-state index >= 15 is 0 Å². The van der Waals surface area contributed by atoms with E-state index in [9.17, 15) is 13.2 Å². The molecule has 0 fully saturated rings. The van der Waals surface area contributed by atoms with Crippen molar-refractivity contribution in [2.45, 2.75) is 6.92 Å². The van der Waals surface area contributed by atoms with Gasteiger partial charge in [-0.15, -0.1) is 0 Å². The number of H-pyrrole nitrogens is 1. The summed E-state index contributed by atoms with van der Waals surface area (Å²) < 4.78 is 33.2. The van der Waals surface area contributed by atoms with Crippen molar-refractivity contribution in [1.82, 2.24) is 14.8 Å². The highest BCUT2D eigenvalue weighted by Crippen LogP contribution is 2.38. The number of sulfonamides is 1. The predicted octanol–water partition coefficient (Wildman–Crippen LogP) is 3.51. The van der Waals surface area contributed by atoms with Gasteiger partial charge in [-0.25, -0.2) is 13.1 Å². The Balaban J connectivity index is 1.98. The maximum absolute atomic E-state index is 12.5. The Morgan fingerprint density at radius 1 is 1.13 bits per heavy atom. The summed E-state index contributed by atoms with van der Waals surface area (Å²) in [6, 6.07) is 16.2. The molecule has 0 spiro atoms. The Morgan fingerprint density at radius 2 is 1.87 bits per heavy atom. The van der Waals surface area contributed by atoms with E-state index in [0.29, 0.717) is 39.3 Å². The highest BCUT2D eigenvalue weighted by molar-refractivity contribution is 7.92. The normalized spacial score (nSPS) is 11.6. The number of hydrogen-bond acceptors (Lipinski definition) is 5. The van der Waals surface area contributed by atoms with Gasteiger partial charge in [0, 0.05) is 30.7 Å². The van der Waals surface area contributed by atoms with Crippen LogP contribution in [0.5, 0.6) is 11.5 Å². The number of aromatic amines is 1. The molecule has 2 aromatic heterocycles. The van der Waals surface area contributed by atoms with Gasteiger partial charge in [-0.3, -0.25) is 9.10 Å². The van der Waals surface area contributed by atoms with Crippen LogP contribution in [0, 0.1) is 0 Å². The largest absolute Gasteiger partial charge is 0.457 e. The number of nitrogens with zero attached hydrogens (tertiary/aromatic N) is 3. The van der Waals surface area contributed by atoms with Gasteiger partial charge < -0.3 is 9.72 Å². The zero-order valence-corrected chi connectivity index (χ0v) is 18.2. The molecule has 0 saturated heterocycles. The van der Waals surface area contributed by atoms with E-state index in [1.54, 1.807) is 44.4 Å². The summed E-state index contributed by atoms with van der Waals surface area (Å²) in [5, 5.41) is 5.10. The van der Waals surface area contributed by atoms with Gasteiger partial charge in [0.05, 0.1) is 11.9 Å². The second-order valence-corrected chi connectivity index (χ2v) is 8.97. The lowest BCUT2D eigenvalue weighted by atomic mass is 10.1.